The van der Waals surface area contributed by atoms with Gasteiger partial charge in [-0.2, -0.15) is 4.98 Å². The van der Waals surface area contributed by atoms with Crippen molar-refractivity contribution < 1.29 is 4.74 Å². The Labute approximate surface area is 150 Å². The summed E-state index contributed by atoms with van der Waals surface area (Å²) in [4.78, 5) is 4.32. The number of fused-ring (bicyclic) bond motifs is 1. The second-order valence-corrected chi connectivity index (χ2v) is 6.45. The van der Waals surface area contributed by atoms with Gasteiger partial charge in [0.25, 0.3) is 0 Å². The number of anilines is 2. The molecular weight excluding hydrogens is 338 g/mol. The quantitative estimate of drug-likeness (QED) is 0.749. The van der Waals surface area contributed by atoms with Crippen LogP contribution in [0.3, 0.4) is 0 Å². The number of halogens is 1. The van der Waals surface area contributed by atoms with Crippen LogP contribution in [0.25, 0.3) is 0 Å². The van der Waals surface area contributed by atoms with Crippen molar-refractivity contribution in [2.75, 3.05) is 18.2 Å². The van der Waals surface area contributed by atoms with Gasteiger partial charge in [0, 0.05) is 5.02 Å². The topological polar surface area (TPSA) is 78.0 Å². The van der Waals surface area contributed by atoms with Gasteiger partial charge in [-0.25, -0.2) is 4.68 Å². The number of methoxy groups -OCH3 is 1. The lowest BCUT2D eigenvalue weighted by molar-refractivity contribution is 0.410. The first-order valence-corrected chi connectivity index (χ1v) is 8.40. The van der Waals surface area contributed by atoms with Crippen LogP contribution in [0.1, 0.15) is 29.6 Å². The summed E-state index contributed by atoms with van der Waals surface area (Å²) in [5.41, 5.74) is 8.03. The fourth-order valence-corrected chi connectivity index (χ4v) is 3.46. The molecule has 4 rings (SSSR count). The van der Waals surface area contributed by atoms with Crippen LogP contribution in [0, 0.1) is 0 Å². The smallest absolute Gasteiger partial charge is 0.241 e. The van der Waals surface area contributed by atoms with Gasteiger partial charge in [-0.15, -0.1) is 5.10 Å². The Morgan fingerprint density at radius 1 is 1.20 bits per heavy atom. The third-order valence-electron chi connectivity index (χ3n) is 4.43. The number of rotatable bonds is 3. The minimum atomic E-state index is -0.00375. The van der Waals surface area contributed by atoms with Crippen molar-refractivity contribution in [2.45, 2.75) is 18.5 Å². The average molecular weight is 356 g/mol. The predicted octanol–water partition coefficient (Wildman–Crippen LogP) is 3.67. The molecule has 2 heterocycles. The van der Waals surface area contributed by atoms with Gasteiger partial charge in [0.15, 0.2) is 0 Å². The molecule has 25 heavy (non-hydrogen) atoms. The highest BCUT2D eigenvalue weighted by Crippen LogP contribution is 2.39. The molecule has 0 fully saturated rings. The predicted molar refractivity (Wildman–Crippen MR) is 98.0 cm³/mol. The molecule has 0 saturated carbocycles. The third kappa shape index (κ3) is 3.00. The van der Waals surface area contributed by atoms with Crippen LogP contribution < -0.4 is 15.8 Å². The molecule has 0 spiro atoms. The largest absolute Gasteiger partial charge is 0.497 e. The zero-order valence-corrected chi connectivity index (χ0v) is 14.4. The van der Waals surface area contributed by atoms with Crippen molar-refractivity contribution in [1.82, 2.24) is 14.8 Å². The van der Waals surface area contributed by atoms with Crippen LogP contribution >= 0.6 is 11.6 Å². The van der Waals surface area contributed by atoms with Gasteiger partial charge in [0.05, 0.1) is 19.2 Å². The van der Waals surface area contributed by atoms with E-state index in [4.69, 9.17) is 22.1 Å². The lowest BCUT2D eigenvalue weighted by Crippen LogP contribution is -2.28. The molecule has 3 N–H and O–H groups in total. The summed E-state index contributed by atoms with van der Waals surface area (Å²) in [6.45, 7) is 0. The summed E-state index contributed by atoms with van der Waals surface area (Å²) in [5.74, 6) is 1.73. The standard InChI is InChI=1S/C18H18ClN5O/c1-25-14-7-3-4-11(9-14)15-10-16(12-5-2-6-13(19)8-12)24-18(21-15)22-17(20)23-24/h2-9,15-16H,10H2,1H3,(H3,20,21,22,23)/t15-,16+/m0/s1. The molecule has 0 radical (unpaired) electrons. The van der Waals surface area contributed by atoms with E-state index >= 15 is 0 Å². The Kier molecular flexibility index (Phi) is 3.97. The lowest BCUT2D eigenvalue weighted by Gasteiger charge is -2.31. The van der Waals surface area contributed by atoms with Crippen LogP contribution in [0.4, 0.5) is 11.9 Å². The van der Waals surface area contributed by atoms with E-state index in [-0.39, 0.29) is 18.0 Å². The fourth-order valence-electron chi connectivity index (χ4n) is 3.26. The first-order chi connectivity index (χ1) is 12.1. The minimum absolute atomic E-state index is 0.00375. The number of ether oxygens (including phenoxy) is 1. The van der Waals surface area contributed by atoms with Crippen molar-refractivity contribution in [3.05, 3.63) is 64.7 Å². The van der Waals surface area contributed by atoms with E-state index in [0.29, 0.717) is 11.0 Å². The lowest BCUT2D eigenvalue weighted by atomic mass is 9.93. The van der Waals surface area contributed by atoms with E-state index in [1.54, 1.807) is 7.11 Å². The number of hydrogen-bond acceptors (Lipinski definition) is 5. The van der Waals surface area contributed by atoms with Crippen molar-refractivity contribution in [1.29, 1.82) is 0 Å². The first-order valence-electron chi connectivity index (χ1n) is 8.02. The number of nitrogens with one attached hydrogen (secondary N) is 1. The molecule has 0 saturated heterocycles. The molecule has 2 atom stereocenters. The fraction of sp³-hybridized carbons (Fsp3) is 0.222. The van der Waals surface area contributed by atoms with Crippen molar-refractivity contribution in [3.8, 4) is 5.75 Å². The Hall–Kier alpha value is -2.73. The van der Waals surface area contributed by atoms with Crippen LogP contribution in [-0.4, -0.2) is 21.9 Å². The molecule has 0 aliphatic carbocycles. The summed E-state index contributed by atoms with van der Waals surface area (Å²) in [6.07, 6.45) is 0.795. The molecule has 2 aromatic carbocycles. The van der Waals surface area contributed by atoms with Gasteiger partial charge < -0.3 is 15.8 Å². The molecule has 3 aromatic rings. The van der Waals surface area contributed by atoms with Crippen LogP contribution in [-0.2, 0) is 0 Å². The van der Waals surface area contributed by atoms with E-state index < -0.39 is 0 Å². The van der Waals surface area contributed by atoms with Crippen LogP contribution in [0.15, 0.2) is 48.5 Å². The van der Waals surface area contributed by atoms with Gasteiger partial charge in [0.1, 0.15) is 5.75 Å². The third-order valence-corrected chi connectivity index (χ3v) is 4.67. The second kappa shape index (κ2) is 6.29. The monoisotopic (exact) mass is 355 g/mol. The maximum atomic E-state index is 6.19. The normalized spacial score (nSPS) is 19.1. The average Bonchev–Trinajstić information content (AvgIpc) is 3.01. The van der Waals surface area contributed by atoms with Crippen molar-refractivity contribution >= 4 is 23.5 Å². The highest BCUT2D eigenvalue weighted by Gasteiger charge is 2.31. The Morgan fingerprint density at radius 3 is 2.80 bits per heavy atom. The molecule has 0 amide bonds. The van der Waals surface area contributed by atoms with Gasteiger partial charge in [0.2, 0.25) is 11.9 Å². The number of nitrogen functional groups attached to an aromatic ring is 1. The van der Waals surface area contributed by atoms with Gasteiger partial charge >= 0.3 is 0 Å². The van der Waals surface area contributed by atoms with E-state index in [2.05, 4.69) is 21.5 Å². The SMILES string of the molecule is COc1cccc([C@@H]2C[C@H](c3cccc(Cl)c3)n3nc(N)nc3N2)c1. The Balaban J connectivity index is 1.76. The molecule has 1 aliphatic rings. The molecule has 1 aliphatic heterocycles. The molecule has 7 heteroatoms. The van der Waals surface area contributed by atoms with Crippen molar-refractivity contribution in [2.24, 2.45) is 0 Å². The number of benzene rings is 2. The highest BCUT2D eigenvalue weighted by molar-refractivity contribution is 6.30. The maximum Gasteiger partial charge on any atom is 0.241 e. The first kappa shape index (κ1) is 15.8. The summed E-state index contributed by atoms with van der Waals surface area (Å²) in [7, 11) is 1.67. The van der Waals surface area contributed by atoms with Crippen LogP contribution in [0.5, 0.6) is 5.75 Å². The molecule has 0 unspecified atom stereocenters. The zero-order chi connectivity index (χ0) is 17.4. The van der Waals surface area contributed by atoms with Gasteiger partial charge in [-0.3, -0.25) is 0 Å². The molecule has 6 nitrogen and oxygen atoms in total. The maximum absolute atomic E-state index is 6.19. The second-order valence-electron chi connectivity index (χ2n) is 6.02. The Bertz CT molecular complexity index is 910. The summed E-state index contributed by atoms with van der Waals surface area (Å²) in [5, 5.41) is 8.47. The van der Waals surface area contributed by atoms with E-state index in [0.717, 1.165) is 23.3 Å². The molecule has 1 aromatic heterocycles. The number of aromatic nitrogens is 3. The molecular formula is C18H18ClN5O. The number of nitrogens with two attached hydrogens (primary N) is 1. The Morgan fingerprint density at radius 2 is 2.00 bits per heavy atom. The number of nitrogens with zero attached hydrogens (tertiary/aromatic N) is 3. The van der Waals surface area contributed by atoms with Crippen molar-refractivity contribution in [3.63, 3.8) is 0 Å². The van der Waals surface area contributed by atoms with Gasteiger partial charge in [-0.05, 0) is 41.8 Å². The van der Waals surface area contributed by atoms with Gasteiger partial charge in [-0.1, -0.05) is 35.9 Å². The van der Waals surface area contributed by atoms with E-state index in [1.165, 1.54) is 0 Å². The highest BCUT2D eigenvalue weighted by atomic mass is 35.5. The summed E-state index contributed by atoms with van der Waals surface area (Å²) < 4.78 is 7.18. The van der Waals surface area contributed by atoms with Crippen LogP contribution in [0.2, 0.25) is 5.02 Å². The minimum Gasteiger partial charge on any atom is -0.497 e. The summed E-state index contributed by atoms with van der Waals surface area (Å²) in [6, 6.07) is 15.9. The number of hydrogen-bond donors (Lipinski definition) is 2. The zero-order valence-electron chi connectivity index (χ0n) is 13.7. The molecule has 0 bridgehead atoms. The summed E-state index contributed by atoms with van der Waals surface area (Å²) >= 11 is 6.19. The van der Waals surface area contributed by atoms with E-state index in [1.807, 2.05) is 47.1 Å². The molecule has 128 valence electrons. The van der Waals surface area contributed by atoms with E-state index in [9.17, 15) is 0 Å².